The van der Waals surface area contributed by atoms with Gasteiger partial charge in [0.05, 0.1) is 28.6 Å². The van der Waals surface area contributed by atoms with Crippen molar-refractivity contribution in [1.29, 1.82) is 0 Å². The Bertz CT molecular complexity index is 3760. The van der Waals surface area contributed by atoms with Crippen molar-refractivity contribution < 1.29 is 0 Å². The number of nitrogens with zero attached hydrogens (tertiary/aromatic N) is 8. The average molecular weight is 1330 g/mol. The van der Waals surface area contributed by atoms with Crippen LogP contribution in [0.2, 0.25) is 0 Å². The van der Waals surface area contributed by atoms with Crippen molar-refractivity contribution in [3.8, 4) is 0 Å². The Balaban J connectivity index is 0.000000554. The van der Waals surface area contributed by atoms with Crippen molar-refractivity contribution in [3.63, 3.8) is 0 Å². The van der Waals surface area contributed by atoms with Gasteiger partial charge >= 0.3 is 0 Å². The van der Waals surface area contributed by atoms with Crippen LogP contribution in [0.3, 0.4) is 0 Å². The van der Waals surface area contributed by atoms with Crippen molar-refractivity contribution in [1.82, 2.24) is 38.4 Å². The summed E-state index contributed by atoms with van der Waals surface area (Å²) in [5, 5.41) is 4.24. The van der Waals surface area contributed by atoms with Gasteiger partial charge in [-0.25, -0.2) is 9.50 Å². The summed E-state index contributed by atoms with van der Waals surface area (Å²) < 4.78 is 6.22. The first-order valence-corrected chi connectivity index (χ1v) is 36.8. The molecule has 10 aromatic rings. The van der Waals surface area contributed by atoms with Gasteiger partial charge in [-0.2, -0.15) is 5.10 Å². The largest absolute Gasteiger partial charge is 0.323 e. The van der Waals surface area contributed by atoms with Gasteiger partial charge in [0, 0.05) is 85.2 Å². The van der Waals surface area contributed by atoms with Gasteiger partial charge in [0.2, 0.25) is 0 Å². The summed E-state index contributed by atoms with van der Waals surface area (Å²) >= 11 is 0. The van der Waals surface area contributed by atoms with Gasteiger partial charge in [0.15, 0.2) is 0 Å². The number of aromatic nitrogens is 8. The molecule has 0 unspecified atom stereocenters. The summed E-state index contributed by atoms with van der Waals surface area (Å²) in [5.41, 5.74) is 44.2. The predicted octanol–water partition coefficient (Wildman–Crippen LogP) is 26.1. The Morgan fingerprint density at radius 2 is 0.724 bits per heavy atom. The molecule has 8 nitrogen and oxygen atoms in total. The second kappa shape index (κ2) is 43.9. The van der Waals surface area contributed by atoms with E-state index >= 15 is 0 Å². The van der Waals surface area contributed by atoms with Gasteiger partial charge in [0.25, 0.3) is 0 Å². The van der Waals surface area contributed by atoms with Gasteiger partial charge in [-0.15, -0.1) is 0 Å². The molecule has 532 valence electrons. The number of aryl methyl sites for hydroxylation is 13. The molecule has 9 aromatic heterocycles. The van der Waals surface area contributed by atoms with Crippen molar-refractivity contribution in [2.75, 3.05) is 0 Å². The zero-order valence-electron chi connectivity index (χ0n) is 68.4. The Labute approximate surface area is 598 Å². The Kier molecular flexibility index (Phi) is 39.3. The highest BCUT2D eigenvalue weighted by Gasteiger charge is 2.20. The highest BCUT2D eigenvalue weighted by atomic mass is 15.2. The molecule has 4 aliphatic carbocycles. The molecule has 9 heterocycles. The highest BCUT2D eigenvalue weighted by molar-refractivity contribution is 5.79. The van der Waals surface area contributed by atoms with Crippen LogP contribution < -0.4 is 0 Å². The molecule has 0 atom stereocenters. The van der Waals surface area contributed by atoms with Crippen LogP contribution in [-0.4, -0.2) is 38.4 Å². The lowest BCUT2D eigenvalue weighted by Gasteiger charge is -2.04. The first kappa shape index (κ1) is 87.8. The molecule has 0 spiro atoms. The monoisotopic (exact) mass is 1330 g/mol. The summed E-state index contributed by atoms with van der Waals surface area (Å²) in [6, 6.07) is 17.1. The van der Waals surface area contributed by atoms with E-state index < -0.39 is 0 Å². The maximum Gasteiger partial charge on any atom is 0.0990 e. The number of fused-ring (bicyclic) bond motifs is 7. The molecule has 0 radical (unpaired) electrons. The number of benzene rings is 1. The van der Waals surface area contributed by atoms with E-state index in [1.54, 1.807) is 0 Å². The SMILES string of the molecule is CC.CC.CC.CC.CC.CC.CC.CC1=C(C)c2c(C)cccc2C1.CC1=C(C)c2c(C)ccnc2C1.CC1=C(C)c2c(C)cncc2C1.CC1=C(C)c2c(ccnc2C)C1.Cc1cn2cccc(C)c2c1C.Cc1cn2cncc(C)c2c1C.Cc1cn2nccc(C)c2c1C. The molecule has 0 fully saturated rings. The van der Waals surface area contributed by atoms with Crippen LogP contribution in [0.15, 0.2) is 139 Å². The van der Waals surface area contributed by atoms with Crippen molar-refractivity contribution in [2.45, 2.75) is 268 Å². The van der Waals surface area contributed by atoms with Crippen LogP contribution in [0.25, 0.3) is 38.8 Å². The number of hydrogen-bond donors (Lipinski definition) is 0. The maximum atomic E-state index is 4.38. The molecule has 0 bridgehead atoms. The van der Waals surface area contributed by atoms with Gasteiger partial charge in [0.1, 0.15) is 0 Å². The fourth-order valence-electron chi connectivity index (χ4n) is 12.6. The number of hydrogen-bond acceptors (Lipinski definition) is 5. The van der Waals surface area contributed by atoms with E-state index in [1.165, 1.54) is 178 Å². The molecule has 0 saturated heterocycles. The molecule has 0 amide bonds. The second-order valence-corrected chi connectivity index (χ2v) is 24.2. The molecule has 98 heavy (non-hydrogen) atoms. The van der Waals surface area contributed by atoms with Crippen LogP contribution in [0, 0.1) is 90.0 Å². The smallest absolute Gasteiger partial charge is 0.0990 e. The minimum atomic E-state index is 1.04. The lowest BCUT2D eigenvalue weighted by Crippen LogP contribution is -1.91. The molecular weight excluding hydrogens is 1190 g/mol. The molecule has 8 heteroatoms. The van der Waals surface area contributed by atoms with E-state index in [9.17, 15) is 0 Å². The summed E-state index contributed by atoms with van der Waals surface area (Å²) in [4.78, 5) is 17.0. The molecular formula is C90H132N8. The molecule has 4 aliphatic rings. The van der Waals surface area contributed by atoms with Crippen molar-refractivity contribution in [2.24, 2.45) is 0 Å². The van der Waals surface area contributed by atoms with Gasteiger partial charge in [-0.3, -0.25) is 15.0 Å². The zero-order valence-corrected chi connectivity index (χ0v) is 68.4. The summed E-state index contributed by atoms with van der Waals surface area (Å²) in [6.45, 7) is 73.4. The fraction of sp³-hybridized carbons (Fsp3) is 0.433. The molecule has 0 aliphatic heterocycles. The van der Waals surface area contributed by atoms with E-state index in [0.717, 1.165) is 25.7 Å². The van der Waals surface area contributed by atoms with E-state index in [2.05, 4.69) is 246 Å². The molecule has 0 N–H and O–H groups in total. The number of allylic oxidation sites excluding steroid dienone is 8. The Hall–Kier alpha value is -8.23. The van der Waals surface area contributed by atoms with E-state index in [4.69, 9.17) is 0 Å². The Morgan fingerprint density at radius 3 is 1.23 bits per heavy atom. The standard InChI is InChI=1S/C12H14.4C11H13N.2C10H12N2.7C2H6/c1-8-5-4-6-11-7-9(2)10(3)12(8)11;1-7-4-10-6-12-5-8(2)11(10)9(7)3;1-7-6-10-4-5-12-9(3)11(10)8(7)2;1-7-4-5-12-10-6-8(2)9(3)11(7)10;1-8-5-4-6-12-7-9(2)10(3)11(8)12;1-7-4-11-6-12-5-8(2)9(3)10(7)12;1-7-4-5-11-12-6-8(2)9(3)10(7)12;7*1-2/h4-6H,7H2,1-3H3;5-6H,4H2,1-3H3;2*4-5H,6H2,1-3H3;4-7H,1-3H3;2*4-6H,1-3H3;7*1-2H3. The third-order valence-corrected chi connectivity index (χ3v) is 18.2. The predicted molar refractivity (Wildman–Crippen MR) is 436 cm³/mol. The minimum absolute atomic E-state index is 1.04. The summed E-state index contributed by atoms with van der Waals surface area (Å²) in [6.07, 6.45) is 26.2. The molecule has 1 aromatic carbocycles. The normalized spacial score (nSPS) is 11.9. The topological polar surface area (TPSA) is 77.7 Å². The summed E-state index contributed by atoms with van der Waals surface area (Å²) in [5.74, 6) is 0. The van der Waals surface area contributed by atoms with Crippen LogP contribution in [0.4, 0.5) is 0 Å². The first-order chi connectivity index (χ1) is 46.9. The zero-order chi connectivity index (χ0) is 75.0. The molecule has 14 rings (SSSR count). The third kappa shape index (κ3) is 21.9. The van der Waals surface area contributed by atoms with Gasteiger partial charge in [-0.05, 0) is 306 Å². The van der Waals surface area contributed by atoms with Gasteiger partial charge < -0.3 is 8.80 Å². The van der Waals surface area contributed by atoms with E-state index in [1.807, 2.05) is 151 Å². The highest BCUT2D eigenvalue weighted by Crippen LogP contribution is 2.37. The lowest BCUT2D eigenvalue weighted by molar-refractivity contribution is 0.930. The van der Waals surface area contributed by atoms with Crippen LogP contribution in [-0.2, 0) is 25.7 Å². The lowest BCUT2D eigenvalue weighted by atomic mass is 10.0. The third-order valence-electron chi connectivity index (χ3n) is 18.2. The Morgan fingerprint density at radius 1 is 0.306 bits per heavy atom. The van der Waals surface area contributed by atoms with E-state index in [0.29, 0.717) is 0 Å². The first-order valence-electron chi connectivity index (χ1n) is 36.8. The van der Waals surface area contributed by atoms with Crippen molar-refractivity contribution in [3.05, 3.63) is 256 Å². The average Bonchev–Trinajstić information content (AvgIpc) is 1.74. The maximum absolute atomic E-state index is 4.38. The van der Waals surface area contributed by atoms with Gasteiger partial charge in [-0.1, -0.05) is 143 Å². The number of rotatable bonds is 0. The van der Waals surface area contributed by atoms with Crippen LogP contribution in [0.5, 0.6) is 0 Å². The van der Waals surface area contributed by atoms with E-state index in [-0.39, 0.29) is 0 Å². The molecule has 0 saturated carbocycles. The van der Waals surface area contributed by atoms with Crippen molar-refractivity contribution >= 4 is 38.8 Å². The fourth-order valence-corrected chi connectivity index (χ4v) is 12.6. The number of pyridine rings is 4. The van der Waals surface area contributed by atoms with Crippen LogP contribution >= 0.6 is 0 Å². The van der Waals surface area contributed by atoms with Crippen LogP contribution in [0.1, 0.15) is 269 Å². The second-order valence-electron chi connectivity index (χ2n) is 24.2. The summed E-state index contributed by atoms with van der Waals surface area (Å²) in [7, 11) is 0. The minimum Gasteiger partial charge on any atom is -0.323 e. The quantitative estimate of drug-likeness (QED) is 0.151.